The van der Waals surface area contributed by atoms with E-state index in [1.54, 1.807) is 13.1 Å². The van der Waals surface area contributed by atoms with Gasteiger partial charge < -0.3 is 5.32 Å². The molecule has 1 aliphatic heterocycles. The molecule has 0 atom stereocenters. The number of likely N-dealkylation sites (N-methyl/N-ethyl adjacent to an activating group) is 1. The zero-order chi connectivity index (χ0) is 11.3. The highest BCUT2D eigenvalue weighted by molar-refractivity contribution is 5.87. The van der Waals surface area contributed by atoms with Crippen molar-refractivity contribution in [3.8, 4) is 0 Å². The van der Waals surface area contributed by atoms with Gasteiger partial charge in [0.25, 0.3) is 0 Å². The van der Waals surface area contributed by atoms with Crippen LogP contribution in [-0.4, -0.2) is 36.5 Å². The molecule has 1 aliphatic rings. The highest BCUT2D eigenvalue weighted by Gasteiger charge is 2.25. The number of nitrogens with one attached hydrogen (secondary N) is 1. The maximum absolute atomic E-state index is 11.1. The summed E-state index contributed by atoms with van der Waals surface area (Å²) in [7, 11) is 1.65. The van der Waals surface area contributed by atoms with Crippen LogP contribution >= 0.6 is 0 Å². The van der Waals surface area contributed by atoms with Crippen LogP contribution in [0.4, 0.5) is 0 Å². The molecule has 3 heteroatoms. The van der Waals surface area contributed by atoms with Crippen LogP contribution in [0.15, 0.2) is 12.2 Å². The average Bonchev–Trinajstić information content (AvgIpc) is 2.27. The second-order valence-corrected chi connectivity index (χ2v) is 4.65. The molecule has 0 radical (unpaired) electrons. The van der Waals surface area contributed by atoms with E-state index in [1.165, 1.54) is 19.3 Å². The lowest BCUT2D eigenvalue weighted by molar-refractivity contribution is -0.116. The molecule has 1 fully saturated rings. The van der Waals surface area contributed by atoms with Crippen molar-refractivity contribution in [3.05, 3.63) is 12.2 Å². The van der Waals surface area contributed by atoms with E-state index >= 15 is 0 Å². The number of hydrogen-bond acceptors (Lipinski definition) is 2. The van der Waals surface area contributed by atoms with Gasteiger partial charge in [0.05, 0.1) is 0 Å². The first-order chi connectivity index (χ1) is 7.06. The van der Waals surface area contributed by atoms with E-state index in [1.807, 2.05) is 6.08 Å². The van der Waals surface area contributed by atoms with Gasteiger partial charge in [-0.1, -0.05) is 12.5 Å². The Morgan fingerprint density at radius 1 is 1.27 bits per heavy atom. The molecule has 0 bridgehead atoms. The van der Waals surface area contributed by atoms with Crippen LogP contribution in [0, 0.1) is 0 Å². The lowest BCUT2D eigenvalue weighted by Gasteiger charge is -2.39. The van der Waals surface area contributed by atoms with Crippen molar-refractivity contribution >= 4 is 5.91 Å². The van der Waals surface area contributed by atoms with Crippen molar-refractivity contribution in [1.82, 2.24) is 10.2 Å². The first kappa shape index (κ1) is 12.2. The van der Waals surface area contributed by atoms with Crippen LogP contribution < -0.4 is 5.32 Å². The molecule has 86 valence electrons. The lowest BCUT2D eigenvalue weighted by Crippen LogP contribution is -2.45. The second-order valence-electron chi connectivity index (χ2n) is 4.65. The fourth-order valence-corrected chi connectivity index (χ4v) is 1.94. The molecule has 1 amide bonds. The van der Waals surface area contributed by atoms with E-state index in [0.29, 0.717) is 0 Å². The van der Waals surface area contributed by atoms with E-state index in [4.69, 9.17) is 0 Å². The Labute approximate surface area is 92.5 Å². The molecule has 1 heterocycles. The minimum absolute atomic E-state index is 0.00701. The highest BCUT2D eigenvalue weighted by Crippen LogP contribution is 2.21. The second kappa shape index (κ2) is 5.31. The fourth-order valence-electron chi connectivity index (χ4n) is 1.94. The van der Waals surface area contributed by atoms with Crippen molar-refractivity contribution in [2.45, 2.75) is 38.6 Å². The molecular formula is C12H22N2O. The Bertz CT molecular complexity index is 240. The minimum atomic E-state index is -0.0277. The van der Waals surface area contributed by atoms with E-state index in [9.17, 15) is 4.79 Å². The number of piperidine rings is 1. The average molecular weight is 210 g/mol. The molecule has 0 aromatic rings. The minimum Gasteiger partial charge on any atom is -0.356 e. The van der Waals surface area contributed by atoms with Crippen LogP contribution in [0.5, 0.6) is 0 Å². The molecule has 0 aliphatic carbocycles. The summed E-state index contributed by atoms with van der Waals surface area (Å²) in [6, 6.07) is 0. The number of likely N-dealkylation sites (tertiary alicyclic amines) is 1. The van der Waals surface area contributed by atoms with Gasteiger partial charge in [0, 0.05) is 18.7 Å². The van der Waals surface area contributed by atoms with Gasteiger partial charge in [-0.3, -0.25) is 9.69 Å². The molecule has 0 aromatic carbocycles. The van der Waals surface area contributed by atoms with E-state index in [2.05, 4.69) is 24.1 Å². The number of hydrogen-bond donors (Lipinski definition) is 1. The van der Waals surface area contributed by atoms with Gasteiger partial charge in [0.1, 0.15) is 0 Å². The largest absolute Gasteiger partial charge is 0.356 e. The van der Waals surface area contributed by atoms with Gasteiger partial charge in [0.15, 0.2) is 0 Å². The van der Waals surface area contributed by atoms with Gasteiger partial charge in [-0.05, 0) is 39.8 Å². The van der Waals surface area contributed by atoms with Gasteiger partial charge in [-0.2, -0.15) is 0 Å². The SMILES string of the molecule is CNC(=O)/C=C/C(C)(C)N1CCCCC1. The van der Waals surface area contributed by atoms with E-state index in [0.717, 1.165) is 13.1 Å². The molecular weight excluding hydrogens is 188 g/mol. The predicted molar refractivity (Wildman–Crippen MR) is 62.7 cm³/mol. The molecule has 15 heavy (non-hydrogen) atoms. The number of carbonyl (C=O) groups is 1. The van der Waals surface area contributed by atoms with Crippen LogP contribution in [0.3, 0.4) is 0 Å². The van der Waals surface area contributed by atoms with Crippen molar-refractivity contribution in [1.29, 1.82) is 0 Å². The van der Waals surface area contributed by atoms with Gasteiger partial charge in [0.2, 0.25) is 5.91 Å². The third kappa shape index (κ3) is 3.67. The number of carbonyl (C=O) groups excluding carboxylic acids is 1. The maximum atomic E-state index is 11.1. The van der Waals surface area contributed by atoms with E-state index in [-0.39, 0.29) is 11.4 Å². The summed E-state index contributed by atoms with van der Waals surface area (Å²) in [5, 5.41) is 2.60. The summed E-state index contributed by atoms with van der Waals surface area (Å²) in [4.78, 5) is 13.6. The Morgan fingerprint density at radius 2 is 1.87 bits per heavy atom. The summed E-state index contributed by atoms with van der Waals surface area (Å²) in [5.74, 6) is -0.0277. The normalized spacial score (nSPS) is 19.4. The van der Waals surface area contributed by atoms with Crippen LogP contribution in [0.1, 0.15) is 33.1 Å². The first-order valence-corrected chi connectivity index (χ1v) is 5.72. The molecule has 0 aromatic heterocycles. The number of amides is 1. The standard InChI is InChI=1S/C12H22N2O/c1-12(2,8-7-11(15)13-3)14-9-5-4-6-10-14/h7-8H,4-6,9-10H2,1-3H3,(H,13,15)/b8-7+. The summed E-state index contributed by atoms with van der Waals surface area (Å²) >= 11 is 0. The number of nitrogens with zero attached hydrogens (tertiary/aromatic N) is 1. The first-order valence-electron chi connectivity index (χ1n) is 5.72. The maximum Gasteiger partial charge on any atom is 0.243 e. The van der Waals surface area contributed by atoms with Crippen molar-refractivity contribution in [2.75, 3.05) is 20.1 Å². The third-order valence-corrected chi connectivity index (χ3v) is 3.06. The van der Waals surface area contributed by atoms with Crippen molar-refractivity contribution in [2.24, 2.45) is 0 Å². The Balaban J connectivity index is 2.56. The van der Waals surface area contributed by atoms with Gasteiger partial charge >= 0.3 is 0 Å². The van der Waals surface area contributed by atoms with Crippen LogP contribution in [0.2, 0.25) is 0 Å². The molecule has 0 unspecified atom stereocenters. The van der Waals surface area contributed by atoms with E-state index < -0.39 is 0 Å². The third-order valence-electron chi connectivity index (χ3n) is 3.06. The summed E-state index contributed by atoms with van der Waals surface area (Å²) in [6.07, 6.45) is 7.52. The topological polar surface area (TPSA) is 32.3 Å². The Kier molecular flexibility index (Phi) is 4.33. The molecule has 0 saturated carbocycles. The highest BCUT2D eigenvalue weighted by atomic mass is 16.1. The van der Waals surface area contributed by atoms with Crippen molar-refractivity contribution < 1.29 is 4.79 Å². The quantitative estimate of drug-likeness (QED) is 0.717. The summed E-state index contributed by atoms with van der Waals surface area (Å²) in [6.45, 7) is 6.62. The fraction of sp³-hybridized carbons (Fsp3) is 0.750. The molecule has 1 rings (SSSR count). The predicted octanol–water partition coefficient (Wildman–Crippen LogP) is 1.55. The van der Waals surface area contributed by atoms with Gasteiger partial charge in [-0.25, -0.2) is 0 Å². The molecule has 0 spiro atoms. The molecule has 1 N–H and O–H groups in total. The van der Waals surface area contributed by atoms with Crippen molar-refractivity contribution in [3.63, 3.8) is 0 Å². The zero-order valence-corrected chi connectivity index (χ0v) is 10.0. The van der Waals surface area contributed by atoms with Crippen LogP contribution in [0.25, 0.3) is 0 Å². The Hall–Kier alpha value is -0.830. The zero-order valence-electron chi connectivity index (χ0n) is 10.0. The smallest absolute Gasteiger partial charge is 0.243 e. The Morgan fingerprint density at radius 3 is 2.40 bits per heavy atom. The molecule has 1 saturated heterocycles. The lowest BCUT2D eigenvalue weighted by atomic mass is 9.98. The van der Waals surface area contributed by atoms with Crippen LogP contribution in [-0.2, 0) is 4.79 Å². The van der Waals surface area contributed by atoms with Gasteiger partial charge in [-0.15, -0.1) is 0 Å². The molecule has 3 nitrogen and oxygen atoms in total. The number of rotatable bonds is 3. The summed E-state index contributed by atoms with van der Waals surface area (Å²) < 4.78 is 0. The monoisotopic (exact) mass is 210 g/mol. The summed E-state index contributed by atoms with van der Waals surface area (Å²) in [5.41, 5.74) is -0.00701.